The molecule has 5 heteroatoms. The smallest absolute Gasteiger partial charge is 0.231 e. The maximum atomic E-state index is 11.7. The minimum Gasteiger partial charge on any atom is -0.385 e. The molecule has 2 rings (SSSR count). The molecule has 2 aliphatic rings. The zero-order valence-corrected chi connectivity index (χ0v) is 15.1. The number of methoxy groups -OCH3 is 1. The average Bonchev–Trinajstić information content (AvgIpc) is 3.31. The van der Waals surface area contributed by atoms with Crippen LogP contribution in [0.1, 0.15) is 53.9 Å². The molecule has 128 valence electrons. The molecule has 5 nitrogen and oxygen atoms in total. The number of nitrogens with zero attached hydrogens (tertiary/aromatic N) is 2. The fourth-order valence-corrected chi connectivity index (χ4v) is 1.76. The Morgan fingerprint density at radius 1 is 1.36 bits per heavy atom. The molecule has 0 atom stereocenters. The first-order valence-electron chi connectivity index (χ1n) is 7.87. The number of carbonyl (C=O) groups excluding carboxylic acids is 1. The number of guanidine groups is 1. The normalized spacial score (nSPS) is 18.5. The van der Waals surface area contributed by atoms with Crippen LogP contribution in [0.2, 0.25) is 0 Å². The average molecular weight is 311 g/mol. The van der Waals surface area contributed by atoms with Gasteiger partial charge in [-0.2, -0.15) is 0 Å². The summed E-state index contributed by atoms with van der Waals surface area (Å²) in [6.07, 6.45) is 10.9. The quantitative estimate of drug-likeness (QED) is 0.815. The number of rotatable bonds is 3. The van der Waals surface area contributed by atoms with Gasteiger partial charge in [0.25, 0.3) is 0 Å². The Labute approximate surface area is 136 Å². The molecule has 1 aliphatic heterocycles. The van der Waals surface area contributed by atoms with Gasteiger partial charge in [0.05, 0.1) is 12.0 Å². The second-order valence-electron chi connectivity index (χ2n) is 5.48. The lowest BCUT2D eigenvalue weighted by Gasteiger charge is -2.32. The van der Waals surface area contributed by atoms with Crippen molar-refractivity contribution < 1.29 is 9.53 Å². The molecular formula is C17H33N3O2. The number of hydrogen-bond donors (Lipinski definition) is 1. The number of carbonyl (C=O) groups is 1. The van der Waals surface area contributed by atoms with E-state index in [0.717, 1.165) is 13.2 Å². The van der Waals surface area contributed by atoms with Crippen molar-refractivity contribution in [1.82, 2.24) is 4.90 Å². The third kappa shape index (κ3) is 9.41. The maximum Gasteiger partial charge on any atom is 0.231 e. The van der Waals surface area contributed by atoms with Crippen molar-refractivity contribution in [2.45, 2.75) is 59.4 Å². The second kappa shape index (κ2) is 12.0. The molecule has 1 heterocycles. The lowest BCUT2D eigenvalue weighted by Crippen LogP contribution is -2.50. The van der Waals surface area contributed by atoms with Crippen LogP contribution in [0.25, 0.3) is 0 Å². The van der Waals surface area contributed by atoms with Crippen LogP contribution in [0.3, 0.4) is 0 Å². The van der Waals surface area contributed by atoms with Crippen LogP contribution in [0.5, 0.6) is 0 Å². The molecule has 1 amide bonds. The van der Waals surface area contributed by atoms with Crippen LogP contribution in [0.4, 0.5) is 0 Å². The minimum atomic E-state index is -0.318. The SMILES string of the molecule is C#C.CC.CC1(C)CC(=O)N(CC2CC2)C(N)=N1.CCOC. The van der Waals surface area contributed by atoms with E-state index in [1.807, 2.05) is 34.6 Å². The van der Waals surface area contributed by atoms with Crippen LogP contribution < -0.4 is 5.73 Å². The van der Waals surface area contributed by atoms with Gasteiger partial charge in [0.1, 0.15) is 0 Å². The molecule has 1 aliphatic carbocycles. The highest BCUT2D eigenvalue weighted by atomic mass is 16.5. The fourth-order valence-electron chi connectivity index (χ4n) is 1.76. The number of terminal acetylenes is 1. The van der Waals surface area contributed by atoms with Crippen molar-refractivity contribution in [1.29, 1.82) is 0 Å². The van der Waals surface area contributed by atoms with Crippen molar-refractivity contribution in [3.05, 3.63) is 0 Å². The highest BCUT2D eigenvalue weighted by molar-refractivity contribution is 5.98. The fraction of sp³-hybridized carbons (Fsp3) is 0.765. The topological polar surface area (TPSA) is 67.9 Å². The number of hydrogen-bond acceptors (Lipinski definition) is 4. The summed E-state index contributed by atoms with van der Waals surface area (Å²) < 4.78 is 4.54. The lowest BCUT2D eigenvalue weighted by molar-refractivity contribution is -0.129. The molecule has 0 radical (unpaired) electrons. The van der Waals surface area contributed by atoms with Gasteiger partial charge in [0.2, 0.25) is 5.91 Å². The first-order valence-corrected chi connectivity index (χ1v) is 7.87. The van der Waals surface area contributed by atoms with E-state index in [9.17, 15) is 4.79 Å². The van der Waals surface area contributed by atoms with Crippen molar-refractivity contribution >= 4 is 11.9 Å². The first-order chi connectivity index (χ1) is 10.4. The van der Waals surface area contributed by atoms with Gasteiger partial charge in [-0.15, -0.1) is 12.8 Å². The minimum absolute atomic E-state index is 0.120. The Kier molecular flexibility index (Phi) is 12.5. The summed E-state index contributed by atoms with van der Waals surface area (Å²) in [5.41, 5.74) is 5.46. The van der Waals surface area contributed by atoms with Gasteiger partial charge in [0.15, 0.2) is 5.96 Å². The van der Waals surface area contributed by atoms with E-state index in [1.165, 1.54) is 12.8 Å². The standard InChI is InChI=1S/C10H17N3O.C3H8O.C2H6.C2H2/c1-10(2)5-8(14)13(9(11)12-10)6-7-3-4-7;1-3-4-2;2*1-2/h7H,3-6H2,1-2H3,(H2,11,12);3H2,1-2H3;1-2H3;1-2H. The molecular weight excluding hydrogens is 278 g/mol. The molecule has 1 saturated carbocycles. The van der Waals surface area contributed by atoms with Gasteiger partial charge < -0.3 is 10.5 Å². The van der Waals surface area contributed by atoms with Gasteiger partial charge in [-0.3, -0.25) is 9.69 Å². The molecule has 0 saturated heterocycles. The third-order valence-corrected chi connectivity index (χ3v) is 3.01. The van der Waals surface area contributed by atoms with Gasteiger partial charge in [-0.25, -0.2) is 4.99 Å². The van der Waals surface area contributed by atoms with Crippen molar-refractivity contribution in [2.75, 3.05) is 20.3 Å². The van der Waals surface area contributed by atoms with Crippen LogP contribution in [0.15, 0.2) is 4.99 Å². The molecule has 0 aromatic heterocycles. The van der Waals surface area contributed by atoms with Gasteiger partial charge in [-0.1, -0.05) is 13.8 Å². The number of aliphatic imine (C=N–C) groups is 1. The Morgan fingerprint density at radius 3 is 2.14 bits per heavy atom. The molecule has 1 fully saturated rings. The first kappa shape index (κ1) is 22.7. The highest BCUT2D eigenvalue weighted by Gasteiger charge is 2.35. The summed E-state index contributed by atoms with van der Waals surface area (Å²) >= 11 is 0. The summed E-state index contributed by atoms with van der Waals surface area (Å²) in [4.78, 5) is 17.7. The molecule has 0 spiro atoms. The number of nitrogens with two attached hydrogens (primary N) is 1. The predicted octanol–water partition coefficient (Wildman–Crippen LogP) is 2.65. The maximum absolute atomic E-state index is 11.7. The monoisotopic (exact) mass is 311 g/mol. The molecule has 0 aromatic carbocycles. The summed E-state index contributed by atoms with van der Waals surface area (Å²) in [5, 5.41) is 0. The van der Waals surface area contributed by atoms with E-state index in [4.69, 9.17) is 5.73 Å². The Balaban J connectivity index is 0. The molecule has 0 aromatic rings. The molecule has 0 unspecified atom stereocenters. The zero-order chi connectivity index (χ0) is 17.8. The Bertz CT molecular complexity index is 356. The Hall–Kier alpha value is -1.54. The third-order valence-electron chi connectivity index (χ3n) is 3.01. The second-order valence-corrected chi connectivity index (χ2v) is 5.48. The van der Waals surface area contributed by atoms with Crippen LogP contribution in [-0.2, 0) is 9.53 Å². The van der Waals surface area contributed by atoms with E-state index in [-0.39, 0.29) is 11.4 Å². The Morgan fingerprint density at radius 2 is 1.82 bits per heavy atom. The van der Waals surface area contributed by atoms with E-state index in [0.29, 0.717) is 18.3 Å². The summed E-state index contributed by atoms with van der Waals surface area (Å²) in [6.45, 7) is 11.4. The van der Waals surface area contributed by atoms with Gasteiger partial charge in [-0.05, 0) is 39.5 Å². The zero-order valence-electron chi connectivity index (χ0n) is 15.1. The predicted molar refractivity (Wildman–Crippen MR) is 93.5 cm³/mol. The van der Waals surface area contributed by atoms with Crippen molar-refractivity contribution in [3.63, 3.8) is 0 Å². The lowest BCUT2D eigenvalue weighted by atomic mass is 9.99. The van der Waals surface area contributed by atoms with E-state index < -0.39 is 0 Å². The van der Waals surface area contributed by atoms with Crippen LogP contribution in [0, 0.1) is 18.8 Å². The summed E-state index contributed by atoms with van der Waals surface area (Å²) in [7, 11) is 1.68. The summed E-state index contributed by atoms with van der Waals surface area (Å²) in [5.74, 6) is 1.18. The highest BCUT2D eigenvalue weighted by Crippen LogP contribution is 2.31. The molecule has 0 bridgehead atoms. The summed E-state index contributed by atoms with van der Waals surface area (Å²) in [6, 6.07) is 0. The van der Waals surface area contributed by atoms with E-state index in [2.05, 4.69) is 22.6 Å². The van der Waals surface area contributed by atoms with Gasteiger partial charge in [0, 0.05) is 20.3 Å². The largest absolute Gasteiger partial charge is 0.385 e. The van der Waals surface area contributed by atoms with Crippen LogP contribution >= 0.6 is 0 Å². The van der Waals surface area contributed by atoms with E-state index >= 15 is 0 Å². The number of ether oxygens (including phenoxy) is 1. The van der Waals surface area contributed by atoms with Crippen molar-refractivity contribution in [2.24, 2.45) is 16.6 Å². The molecule has 2 N–H and O–H groups in total. The van der Waals surface area contributed by atoms with E-state index in [1.54, 1.807) is 12.0 Å². The molecule has 22 heavy (non-hydrogen) atoms. The van der Waals surface area contributed by atoms with Crippen LogP contribution in [-0.4, -0.2) is 42.6 Å². The van der Waals surface area contributed by atoms with Gasteiger partial charge >= 0.3 is 0 Å². The number of amides is 1. The van der Waals surface area contributed by atoms with Crippen molar-refractivity contribution in [3.8, 4) is 12.8 Å².